The smallest absolute Gasteiger partial charge is 0.305 e. The van der Waals surface area contributed by atoms with Gasteiger partial charge in [0.1, 0.15) is 5.76 Å². The number of hydrogen-bond donors (Lipinski definition) is 2. The molecule has 0 fully saturated rings. The second kappa shape index (κ2) is 8.05. The molecular weight excluding hydrogens is 368 g/mol. The molecule has 27 heavy (non-hydrogen) atoms. The largest absolute Gasteiger partial charge is 0.481 e. The number of nitrogens with one attached hydrogen (secondary N) is 1. The summed E-state index contributed by atoms with van der Waals surface area (Å²) >= 11 is 5.99. The number of aliphatic carboxylic acids is 1. The summed E-state index contributed by atoms with van der Waals surface area (Å²) in [7, 11) is 0. The number of carbonyl (C=O) groups is 2. The lowest BCUT2D eigenvalue weighted by molar-refractivity contribution is -0.137. The maximum Gasteiger partial charge on any atom is 0.305 e. The van der Waals surface area contributed by atoms with Gasteiger partial charge in [-0.3, -0.25) is 9.59 Å². The molecular formula is C20H17ClN2O4. The van der Waals surface area contributed by atoms with E-state index >= 15 is 0 Å². The van der Waals surface area contributed by atoms with Gasteiger partial charge in [0.2, 0.25) is 5.89 Å². The van der Waals surface area contributed by atoms with Crippen LogP contribution in [0.3, 0.4) is 0 Å². The number of hydrogen-bond acceptors (Lipinski definition) is 4. The molecule has 0 radical (unpaired) electrons. The average molecular weight is 385 g/mol. The molecule has 0 saturated carbocycles. The first-order valence-corrected chi connectivity index (χ1v) is 8.63. The first-order chi connectivity index (χ1) is 12.9. The van der Waals surface area contributed by atoms with Gasteiger partial charge in [-0.15, -0.1) is 0 Å². The van der Waals surface area contributed by atoms with Crippen LogP contribution in [0.25, 0.3) is 11.5 Å². The van der Waals surface area contributed by atoms with Gasteiger partial charge in [-0.25, -0.2) is 4.98 Å². The van der Waals surface area contributed by atoms with E-state index in [1.807, 2.05) is 30.3 Å². The number of carbonyl (C=O) groups excluding carboxylic acids is 1. The summed E-state index contributed by atoms with van der Waals surface area (Å²) in [6.45, 7) is 1.64. The van der Waals surface area contributed by atoms with E-state index < -0.39 is 17.9 Å². The van der Waals surface area contributed by atoms with Gasteiger partial charge in [0.15, 0.2) is 5.69 Å². The third-order valence-corrected chi connectivity index (χ3v) is 4.20. The predicted molar refractivity (Wildman–Crippen MR) is 101 cm³/mol. The van der Waals surface area contributed by atoms with Crippen molar-refractivity contribution in [3.8, 4) is 11.5 Å². The summed E-state index contributed by atoms with van der Waals surface area (Å²) < 4.78 is 5.60. The number of benzene rings is 2. The fourth-order valence-electron chi connectivity index (χ4n) is 2.69. The molecule has 0 aliphatic rings. The Bertz CT molecular complexity index is 969. The molecule has 3 aromatic rings. The first kappa shape index (κ1) is 18.7. The minimum absolute atomic E-state index is 0.117. The van der Waals surface area contributed by atoms with Crippen molar-refractivity contribution in [3.05, 3.63) is 76.6 Å². The normalized spacial score (nSPS) is 11.8. The highest BCUT2D eigenvalue weighted by molar-refractivity contribution is 6.30. The topological polar surface area (TPSA) is 92.4 Å². The summed E-state index contributed by atoms with van der Waals surface area (Å²) in [6.07, 6.45) is -0.283. The fraction of sp³-hybridized carbons (Fsp3) is 0.150. The standard InChI is InChI=1S/C20H17ClN2O4/c1-12-18(23-20(27-12)13-6-3-2-4-7-13)19(26)22-16(11-17(24)25)14-8-5-9-15(21)10-14/h2-10,16H,11H2,1H3,(H,22,26)(H,24,25). The van der Waals surface area contributed by atoms with E-state index in [1.165, 1.54) is 0 Å². The van der Waals surface area contributed by atoms with Crippen LogP contribution in [0, 0.1) is 6.92 Å². The van der Waals surface area contributed by atoms with Gasteiger partial charge >= 0.3 is 5.97 Å². The minimum atomic E-state index is -1.04. The molecule has 1 heterocycles. The number of carboxylic acid groups (broad SMARTS) is 1. The highest BCUT2D eigenvalue weighted by Crippen LogP contribution is 2.24. The Morgan fingerprint density at radius 2 is 1.93 bits per heavy atom. The molecule has 0 spiro atoms. The van der Waals surface area contributed by atoms with Crippen molar-refractivity contribution in [1.82, 2.24) is 10.3 Å². The third-order valence-electron chi connectivity index (χ3n) is 3.97. The first-order valence-electron chi connectivity index (χ1n) is 8.25. The monoisotopic (exact) mass is 384 g/mol. The van der Waals surface area contributed by atoms with Crippen LogP contribution < -0.4 is 5.32 Å². The van der Waals surface area contributed by atoms with Gasteiger partial charge in [-0.1, -0.05) is 41.9 Å². The molecule has 138 valence electrons. The molecule has 2 aromatic carbocycles. The lowest BCUT2D eigenvalue weighted by atomic mass is 10.0. The van der Waals surface area contributed by atoms with E-state index in [0.717, 1.165) is 5.56 Å². The summed E-state index contributed by atoms with van der Waals surface area (Å²) in [5, 5.41) is 12.4. The number of carboxylic acids is 1. The maximum absolute atomic E-state index is 12.7. The van der Waals surface area contributed by atoms with Crippen molar-refractivity contribution in [1.29, 1.82) is 0 Å². The second-order valence-electron chi connectivity index (χ2n) is 5.97. The quantitative estimate of drug-likeness (QED) is 0.662. The number of oxazole rings is 1. The van der Waals surface area contributed by atoms with Crippen LogP contribution in [-0.4, -0.2) is 22.0 Å². The fourth-order valence-corrected chi connectivity index (χ4v) is 2.89. The molecule has 1 atom stereocenters. The molecule has 0 saturated heterocycles. The van der Waals surface area contributed by atoms with Gasteiger partial charge in [-0.2, -0.15) is 0 Å². The number of halogens is 1. The Morgan fingerprint density at radius 1 is 1.19 bits per heavy atom. The molecule has 6 nitrogen and oxygen atoms in total. The Hall–Kier alpha value is -3.12. The Morgan fingerprint density at radius 3 is 2.59 bits per heavy atom. The zero-order valence-corrected chi connectivity index (χ0v) is 15.2. The van der Waals surface area contributed by atoms with Gasteiger partial charge in [0, 0.05) is 10.6 Å². The van der Waals surface area contributed by atoms with Crippen LogP contribution in [0.4, 0.5) is 0 Å². The van der Waals surface area contributed by atoms with Crippen LogP contribution in [0.15, 0.2) is 59.0 Å². The molecule has 1 unspecified atom stereocenters. The number of aromatic nitrogens is 1. The third kappa shape index (κ3) is 4.54. The van der Waals surface area contributed by atoms with Crippen LogP contribution in [0.5, 0.6) is 0 Å². The second-order valence-corrected chi connectivity index (χ2v) is 6.41. The van der Waals surface area contributed by atoms with Gasteiger partial charge in [-0.05, 0) is 36.8 Å². The Labute approximate surface area is 160 Å². The summed E-state index contributed by atoms with van der Waals surface area (Å²) in [5.74, 6) is -0.867. The van der Waals surface area contributed by atoms with Crippen molar-refractivity contribution in [2.45, 2.75) is 19.4 Å². The lowest BCUT2D eigenvalue weighted by Gasteiger charge is -2.17. The Kier molecular flexibility index (Phi) is 5.57. The summed E-state index contributed by atoms with van der Waals surface area (Å²) in [4.78, 5) is 28.2. The van der Waals surface area contributed by atoms with Gasteiger partial charge in [0.05, 0.1) is 12.5 Å². The van der Waals surface area contributed by atoms with E-state index in [9.17, 15) is 14.7 Å². The van der Waals surface area contributed by atoms with Crippen LogP contribution >= 0.6 is 11.6 Å². The highest BCUT2D eigenvalue weighted by atomic mass is 35.5. The summed E-state index contributed by atoms with van der Waals surface area (Å²) in [6, 6.07) is 15.2. The molecule has 1 amide bonds. The Balaban J connectivity index is 1.86. The molecule has 2 N–H and O–H groups in total. The van der Waals surface area contributed by atoms with Crippen molar-refractivity contribution < 1.29 is 19.1 Å². The lowest BCUT2D eigenvalue weighted by Crippen LogP contribution is -2.30. The van der Waals surface area contributed by atoms with Crippen molar-refractivity contribution in [2.24, 2.45) is 0 Å². The molecule has 3 rings (SSSR count). The maximum atomic E-state index is 12.7. The number of nitrogens with zero attached hydrogens (tertiary/aromatic N) is 1. The van der Waals surface area contributed by atoms with Crippen molar-refractivity contribution >= 4 is 23.5 Å². The number of amides is 1. The zero-order chi connectivity index (χ0) is 19.4. The molecule has 7 heteroatoms. The predicted octanol–water partition coefficient (Wildman–Crippen LogP) is 4.25. The number of aryl methyl sites for hydroxylation is 1. The SMILES string of the molecule is Cc1oc(-c2ccccc2)nc1C(=O)NC(CC(=O)O)c1cccc(Cl)c1. The number of rotatable bonds is 6. The van der Waals surface area contributed by atoms with Crippen LogP contribution in [-0.2, 0) is 4.79 Å². The van der Waals surface area contributed by atoms with Crippen molar-refractivity contribution in [3.63, 3.8) is 0 Å². The van der Waals surface area contributed by atoms with Crippen LogP contribution in [0.2, 0.25) is 5.02 Å². The van der Waals surface area contributed by atoms with Crippen LogP contribution in [0.1, 0.15) is 34.3 Å². The molecule has 1 aromatic heterocycles. The van der Waals surface area contributed by atoms with Crippen molar-refractivity contribution in [2.75, 3.05) is 0 Å². The van der Waals surface area contributed by atoms with E-state index in [1.54, 1.807) is 31.2 Å². The highest BCUT2D eigenvalue weighted by Gasteiger charge is 2.23. The summed E-state index contributed by atoms with van der Waals surface area (Å²) in [5.41, 5.74) is 1.46. The van der Waals surface area contributed by atoms with E-state index in [4.69, 9.17) is 16.0 Å². The zero-order valence-electron chi connectivity index (χ0n) is 14.5. The van der Waals surface area contributed by atoms with Gasteiger partial charge < -0.3 is 14.8 Å². The van der Waals surface area contributed by atoms with E-state index in [0.29, 0.717) is 22.2 Å². The molecule has 0 aliphatic heterocycles. The average Bonchev–Trinajstić information content (AvgIpc) is 3.03. The van der Waals surface area contributed by atoms with E-state index in [2.05, 4.69) is 10.3 Å². The molecule has 0 aliphatic carbocycles. The minimum Gasteiger partial charge on any atom is -0.481 e. The van der Waals surface area contributed by atoms with Gasteiger partial charge in [0.25, 0.3) is 5.91 Å². The van der Waals surface area contributed by atoms with E-state index in [-0.39, 0.29) is 12.1 Å². The molecule has 0 bridgehead atoms.